The molecule has 0 bridgehead atoms. The Kier molecular flexibility index (Phi) is 5.09. The summed E-state index contributed by atoms with van der Waals surface area (Å²) < 4.78 is 13.4. The van der Waals surface area contributed by atoms with Gasteiger partial charge in [-0.05, 0) is 55.8 Å². The van der Waals surface area contributed by atoms with Gasteiger partial charge in [-0.1, -0.05) is 36.2 Å². The molecule has 4 heteroatoms. The fraction of sp³-hybridized carbons (Fsp3) is 0.316. The lowest BCUT2D eigenvalue weighted by Gasteiger charge is -2.26. The molecule has 0 aliphatic carbocycles. The van der Waals surface area contributed by atoms with Crippen molar-refractivity contribution >= 4 is 17.4 Å². The highest BCUT2D eigenvalue weighted by atomic mass is 35.5. The smallest absolute Gasteiger partial charge is 0.193 e. The van der Waals surface area contributed by atoms with Crippen molar-refractivity contribution in [1.82, 2.24) is 4.90 Å². The minimum absolute atomic E-state index is 0.202. The van der Waals surface area contributed by atoms with E-state index in [1.807, 2.05) is 18.2 Å². The first-order valence-electron chi connectivity index (χ1n) is 7.94. The number of carbonyl (C=O) groups is 1. The van der Waals surface area contributed by atoms with Gasteiger partial charge in [0, 0.05) is 22.7 Å². The lowest BCUT2D eigenvalue weighted by Crippen LogP contribution is -2.29. The number of carbonyl (C=O) groups excluding carboxylic acids is 1. The van der Waals surface area contributed by atoms with Crippen LogP contribution in [0.1, 0.15) is 40.7 Å². The minimum Gasteiger partial charge on any atom is -0.299 e. The van der Waals surface area contributed by atoms with Crippen LogP contribution in [0.4, 0.5) is 4.39 Å². The topological polar surface area (TPSA) is 20.3 Å². The van der Waals surface area contributed by atoms with Crippen LogP contribution >= 0.6 is 11.6 Å². The Balaban J connectivity index is 1.79. The Bertz CT molecular complexity index is 690. The predicted octanol–water partition coefficient (Wildman–Crippen LogP) is 4.70. The second-order valence-electron chi connectivity index (χ2n) is 6.02. The molecule has 0 radical (unpaired) electrons. The molecule has 0 aromatic heterocycles. The Morgan fingerprint density at radius 3 is 2.57 bits per heavy atom. The van der Waals surface area contributed by atoms with Crippen LogP contribution in [0.2, 0.25) is 5.02 Å². The van der Waals surface area contributed by atoms with Gasteiger partial charge >= 0.3 is 0 Å². The quantitative estimate of drug-likeness (QED) is 0.757. The fourth-order valence-electron chi connectivity index (χ4n) is 3.04. The summed E-state index contributed by atoms with van der Waals surface area (Å²) in [6.07, 6.45) is 3.77. The molecule has 2 nitrogen and oxygen atoms in total. The van der Waals surface area contributed by atoms with Crippen molar-refractivity contribution in [2.45, 2.75) is 25.8 Å². The number of nitrogens with zero attached hydrogens (tertiary/aromatic N) is 1. The summed E-state index contributed by atoms with van der Waals surface area (Å²) in [4.78, 5) is 15.0. The first kappa shape index (κ1) is 16.2. The summed E-state index contributed by atoms with van der Waals surface area (Å²) in [7, 11) is 0. The lowest BCUT2D eigenvalue weighted by molar-refractivity contribution is 0.103. The van der Waals surface area contributed by atoms with Crippen LogP contribution in [0, 0.1) is 5.82 Å². The van der Waals surface area contributed by atoms with Gasteiger partial charge in [0.2, 0.25) is 0 Å². The van der Waals surface area contributed by atoms with Crippen LogP contribution in [0.5, 0.6) is 0 Å². The molecule has 23 heavy (non-hydrogen) atoms. The average molecular weight is 332 g/mol. The van der Waals surface area contributed by atoms with Gasteiger partial charge < -0.3 is 0 Å². The number of halogens is 2. The standard InChI is InChI=1S/C19H19ClFNO/c20-17-10-16(11-18(21)12-17)19(23)15-6-4-5-14(9-15)13-22-7-2-1-3-8-22/h4-6,9-12H,1-3,7-8,13H2. The monoisotopic (exact) mass is 331 g/mol. The summed E-state index contributed by atoms with van der Waals surface area (Å²) >= 11 is 5.84. The van der Waals surface area contributed by atoms with E-state index in [9.17, 15) is 9.18 Å². The van der Waals surface area contributed by atoms with Gasteiger partial charge in [-0.2, -0.15) is 0 Å². The fourth-order valence-corrected chi connectivity index (χ4v) is 3.26. The largest absolute Gasteiger partial charge is 0.299 e. The van der Waals surface area contributed by atoms with E-state index in [2.05, 4.69) is 4.90 Å². The van der Waals surface area contributed by atoms with Crippen LogP contribution < -0.4 is 0 Å². The molecule has 3 rings (SSSR count). The van der Waals surface area contributed by atoms with Crippen LogP contribution in [0.3, 0.4) is 0 Å². The van der Waals surface area contributed by atoms with Crippen molar-refractivity contribution in [3.05, 3.63) is 70.0 Å². The first-order valence-corrected chi connectivity index (χ1v) is 8.32. The maximum absolute atomic E-state index is 13.4. The van der Waals surface area contributed by atoms with E-state index in [4.69, 9.17) is 11.6 Å². The van der Waals surface area contributed by atoms with Gasteiger partial charge in [0.25, 0.3) is 0 Å². The van der Waals surface area contributed by atoms with Gasteiger partial charge in [0.1, 0.15) is 5.82 Å². The summed E-state index contributed by atoms with van der Waals surface area (Å²) in [5.41, 5.74) is 1.96. The van der Waals surface area contributed by atoms with Crippen molar-refractivity contribution in [3.63, 3.8) is 0 Å². The molecular weight excluding hydrogens is 313 g/mol. The van der Waals surface area contributed by atoms with Crippen molar-refractivity contribution in [3.8, 4) is 0 Å². The maximum Gasteiger partial charge on any atom is 0.193 e. The van der Waals surface area contributed by atoms with Crippen LogP contribution in [0.15, 0.2) is 42.5 Å². The molecule has 0 N–H and O–H groups in total. The van der Waals surface area contributed by atoms with Gasteiger partial charge in [-0.25, -0.2) is 4.39 Å². The normalized spacial score (nSPS) is 15.6. The molecule has 1 saturated heterocycles. The molecular formula is C19H19ClFNO. The van der Waals surface area contributed by atoms with E-state index in [1.54, 1.807) is 6.07 Å². The van der Waals surface area contributed by atoms with Gasteiger partial charge in [0.05, 0.1) is 0 Å². The molecule has 0 unspecified atom stereocenters. The van der Waals surface area contributed by atoms with E-state index in [0.717, 1.165) is 25.2 Å². The van der Waals surface area contributed by atoms with Crippen molar-refractivity contribution in [2.24, 2.45) is 0 Å². The summed E-state index contributed by atoms with van der Waals surface area (Å²) in [5, 5.41) is 0.234. The molecule has 0 atom stereocenters. The first-order chi connectivity index (χ1) is 11.1. The highest BCUT2D eigenvalue weighted by molar-refractivity contribution is 6.31. The van der Waals surface area contributed by atoms with E-state index < -0.39 is 5.82 Å². The van der Waals surface area contributed by atoms with Gasteiger partial charge in [0.15, 0.2) is 5.78 Å². The number of hydrogen-bond acceptors (Lipinski definition) is 2. The summed E-state index contributed by atoms with van der Waals surface area (Å²) in [6, 6.07) is 11.5. The van der Waals surface area contributed by atoms with Gasteiger partial charge in [-0.15, -0.1) is 0 Å². The highest BCUT2D eigenvalue weighted by Crippen LogP contribution is 2.19. The third kappa shape index (κ3) is 4.18. The number of hydrogen-bond donors (Lipinski definition) is 0. The number of rotatable bonds is 4. The molecule has 0 amide bonds. The zero-order chi connectivity index (χ0) is 16.2. The molecule has 1 fully saturated rings. The zero-order valence-corrected chi connectivity index (χ0v) is 13.7. The Labute approximate surface area is 140 Å². The van der Waals surface area contributed by atoms with Crippen molar-refractivity contribution in [2.75, 3.05) is 13.1 Å². The summed E-state index contributed by atoms with van der Waals surface area (Å²) in [6.45, 7) is 3.07. The van der Waals surface area contributed by atoms with Crippen molar-refractivity contribution < 1.29 is 9.18 Å². The second kappa shape index (κ2) is 7.24. The molecule has 1 heterocycles. The van der Waals surface area contributed by atoms with Crippen molar-refractivity contribution in [1.29, 1.82) is 0 Å². The van der Waals surface area contributed by atoms with E-state index in [-0.39, 0.29) is 16.4 Å². The number of benzene rings is 2. The minimum atomic E-state index is -0.495. The molecule has 120 valence electrons. The molecule has 2 aromatic rings. The zero-order valence-electron chi connectivity index (χ0n) is 12.9. The molecule has 2 aromatic carbocycles. The second-order valence-corrected chi connectivity index (χ2v) is 6.46. The third-order valence-corrected chi connectivity index (χ3v) is 4.39. The number of piperidine rings is 1. The molecule has 0 spiro atoms. The van der Waals surface area contributed by atoms with Crippen LogP contribution in [-0.4, -0.2) is 23.8 Å². The Hall–Kier alpha value is -1.71. The predicted molar refractivity (Wildman–Crippen MR) is 90.4 cm³/mol. The average Bonchev–Trinajstić information content (AvgIpc) is 2.54. The molecule has 1 aliphatic heterocycles. The summed E-state index contributed by atoms with van der Waals surface area (Å²) in [5.74, 6) is -0.697. The number of ketones is 1. The van der Waals surface area contributed by atoms with E-state index >= 15 is 0 Å². The Morgan fingerprint density at radius 1 is 1.04 bits per heavy atom. The lowest BCUT2D eigenvalue weighted by atomic mass is 10.0. The highest BCUT2D eigenvalue weighted by Gasteiger charge is 2.14. The molecule has 0 saturated carbocycles. The van der Waals surface area contributed by atoms with E-state index in [1.165, 1.54) is 37.5 Å². The maximum atomic E-state index is 13.4. The SMILES string of the molecule is O=C(c1cc(F)cc(Cl)c1)c1cccc(CN2CCCCC2)c1. The molecule has 1 aliphatic rings. The third-order valence-electron chi connectivity index (χ3n) is 4.17. The van der Waals surface area contributed by atoms with E-state index in [0.29, 0.717) is 5.56 Å². The van der Waals surface area contributed by atoms with Gasteiger partial charge in [-0.3, -0.25) is 9.69 Å². The number of likely N-dealkylation sites (tertiary alicyclic amines) is 1. The van der Waals surface area contributed by atoms with Crippen LogP contribution in [0.25, 0.3) is 0 Å². The Morgan fingerprint density at radius 2 is 1.83 bits per heavy atom. The van der Waals surface area contributed by atoms with Crippen LogP contribution in [-0.2, 0) is 6.54 Å².